The zero-order chi connectivity index (χ0) is 19.2. The highest BCUT2D eigenvalue weighted by Crippen LogP contribution is 2.66. The number of rotatable bonds is 5. The molecule has 6 unspecified atom stereocenters. The quantitative estimate of drug-likeness (QED) is 0.428. The van der Waals surface area contributed by atoms with Crippen LogP contribution in [0.3, 0.4) is 0 Å². The van der Waals surface area contributed by atoms with Crippen LogP contribution < -0.4 is 0 Å². The Kier molecular flexibility index (Phi) is 5.41. The van der Waals surface area contributed by atoms with Crippen LogP contribution in [0.5, 0.6) is 0 Å². The summed E-state index contributed by atoms with van der Waals surface area (Å²) in [4.78, 5) is 0. The van der Waals surface area contributed by atoms with Crippen LogP contribution in [-0.2, 0) is 0 Å². The summed E-state index contributed by atoms with van der Waals surface area (Å²) in [6, 6.07) is 0. The predicted octanol–water partition coefficient (Wildman–Crippen LogP) is 8.34. The Balaban J connectivity index is 1.49. The molecule has 0 N–H and O–H groups in total. The van der Waals surface area contributed by atoms with E-state index in [1.807, 2.05) is 11.1 Å². The lowest BCUT2D eigenvalue weighted by Crippen LogP contribution is -2.49. The van der Waals surface area contributed by atoms with E-state index in [1.54, 1.807) is 0 Å². The van der Waals surface area contributed by atoms with Crippen molar-refractivity contribution < 1.29 is 0 Å². The van der Waals surface area contributed by atoms with Crippen LogP contribution in [-0.4, -0.2) is 0 Å². The molecule has 2 saturated carbocycles. The zero-order valence-corrected chi connectivity index (χ0v) is 18.8. The first-order valence-electron chi connectivity index (χ1n) is 12.3. The molecule has 0 saturated heterocycles. The van der Waals surface area contributed by atoms with Gasteiger partial charge in [-0.25, -0.2) is 0 Å². The van der Waals surface area contributed by atoms with Gasteiger partial charge in [0.05, 0.1) is 0 Å². The highest BCUT2D eigenvalue weighted by Gasteiger charge is 2.56. The fraction of sp³-hybridized carbons (Fsp3) is 0.852. The maximum absolute atomic E-state index is 2.72. The summed E-state index contributed by atoms with van der Waals surface area (Å²) in [6.07, 6.45) is 21.1. The van der Waals surface area contributed by atoms with E-state index in [0.29, 0.717) is 10.8 Å². The van der Waals surface area contributed by atoms with Gasteiger partial charge in [0.25, 0.3) is 0 Å². The van der Waals surface area contributed by atoms with E-state index >= 15 is 0 Å². The van der Waals surface area contributed by atoms with Crippen LogP contribution in [0.2, 0.25) is 0 Å². The van der Waals surface area contributed by atoms with Gasteiger partial charge in [0.2, 0.25) is 0 Å². The first kappa shape index (κ1) is 19.8. The first-order valence-corrected chi connectivity index (χ1v) is 12.3. The zero-order valence-electron chi connectivity index (χ0n) is 18.8. The van der Waals surface area contributed by atoms with Gasteiger partial charge in [0.1, 0.15) is 0 Å². The van der Waals surface area contributed by atoms with Crippen LogP contribution in [0.4, 0.5) is 0 Å². The van der Waals surface area contributed by atoms with Crippen molar-refractivity contribution in [1.29, 1.82) is 0 Å². The minimum atomic E-state index is 0.519. The molecule has 4 aliphatic rings. The molecule has 27 heavy (non-hydrogen) atoms. The average molecular weight is 369 g/mol. The SMILES string of the molecule is CC(C)CCCC(C)C1=CCC2C3CCC4=CCCCC4(C)C3CCC12C. The van der Waals surface area contributed by atoms with Gasteiger partial charge in [-0.05, 0) is 98.2 Å². The summed E-state index contributed by atoms with van der Waals surface area (Å²) >= 11 is 0. The molecule has 0 nitrogen and oxygen atoms in total. The largest absolute Gasteiger partial charge is 0.0848 e. The van der Waals surface area contributed by atoms with Crippen molar-refractivity contribution in [3.05, 3.63) is 23.3 Å². The Hall–Kier alpha value is -0.520. The van der Waals surface area contributed by atoms with Crippen LogP contribution >= 0.6 is 0 Å². The molecule has 2 fully saturated rings. The summed E-state index contributed by atoms with van der Waals surface area (Å²) in [6.45, 7) is 12.6. The number of fused-ring (bicyclic) bond motifs is 5. The maximum atomic E-state index is 2.72. The van der Waals surface area contributed by atoms with E-state index < -0.39 is 0 Å². The second kappa shape index (κ2) is 7.38. The van der Waals surface area contributed by atoms with Gasteiger partial charge >= 0.3 is 0 Å². The summed E-state index contributed by atoms with van der Waals surface area (Å²) in [7, 11) is 0. The Morgan fingerprint density at radius 1 is 0.963 bits per heavy atom. The number of hydrogen-bond donors (Lipinski definition) is 0. The average Bonchev–Trinajstić information content (AvgIpc) is 2.98. The molecule has 0 aromatic rings. The highest BCUT2D eigenvalue weighted by molar-refractivity contribution is 5.30. The lowest BCUT2D eigenvalue weighted by molar-refractivity contribution is -0.0310. The van der Waals surface area contributed by atoms with Crippen LogP contribution in [0.1, 0.15) is 105 Å². The standard InChI is InChI=1S/C27H44/c1-19(2)9-8-10-20(3)23-14-15-24-22-13-12-21-11-6-7-17-26(21,4)25(22)16-18-27(23,24)5/h11,14,19-20,22,24-25H,6-10,12-13,15-18H2,1-5H3. The van der Waals surface area contributed by atoms with Crippen molar-refractivity contribution in [2.45, 2.75) is 105 Å². The van der Waals surface area contributed by atoms with Gasteiger partial charge in [-0.15, -0.1) is 0 Å². The molecule has 4 aliphatic carbocycles. The number of allylic oxidation sites excluding steroid dienone is 4. The van der Waals surface area contributed by atoms with E-state index in [4.69, 9.17) is 0 Å². The Morgan fingerprint density at radius 2 is 1.78 bits per heavy atom. The van der Waals surface area contributed by atoms with Gasteiger partial charge < -0.3 is 0 Å². The monoisotopic (exact) mass is 368 g/mol. The molecule has 0 radical (unpaired) electrons. The van der Waals surface area contributed by atoms with Gasteiger partial charge in [-0.3, -0.25) is 0 Å². The minimum Gasteiger partial charge on any atom is -0.0848 e. The van der Waals surface area contributed by atoms with Gasteiger partial charge in [-0.1, -0.05) is 70.8 Å². The molecule has 0 aliphatic heterocycles. The van der Waals surface area contributed by atoms with Crippen molar-refractivity contribution in [3.63, 3.8) is 0 Å². The van der Waals surface area contributed by atoms with Crippen LogP contribution in [0, 0.1) is 40.4 Å². The maximum Gasteiger partial charge on any atom is -0.00797 e. The Labute approximate surface area is 169 Å². The smallest absolute Gasteiger partial charge is 0.00797 e. The molecular formula is C27H44. The summed E-state index contributed by atoms with van der Waals surface area (Å²) in [5.41, 5.74) is 4.79. The van der Waals surface area contributed by atoms with E-state index in [1.165, 1.54) is 70.6 Å². The van der Waals surface area contributed by atoms with E-state index in [0.717, 1.165) is 29.6 Å². The van der Waals surface area contributed by atoms with Crippen molar-refractivity contribution >= 4 is 0 Å². The Bertz CT molecular complexity index is 608. The molecule has 0 amide bonds. The van der Waals surface area contributed by atoms with Gasteiger partial charge in [0, 0.05) is 0 Å². The van der Waals surface area contributed by atoms with Crippen molar-refractivity contribution in [3.8, 4) is 0 Å². The normalized spacial score (nSPS) is 42.1. The fourth-order valence-electron chi connectivity index (χ4n) is 8.11. The molecule has 0 aromatic carbocycles. The highest BCUT2D eigenvalue weighted by atomic mass is 14.6. The van der Waals surface area contributed by atoms with Crippen LogP contribution in [0.25, 0.3) is 0 Å². The van der Waals surface area contributed by atoms with Gasteiger partial charge in [0.15, 0.2) is 0 Å². The number of hydrogen-bond acceptors (Lipinski definition) is 0. The first-order chi connectivity index (χ1) is 12.9. The summed E-state index contributed by atoms with van der Waals surface area (Å²) in [5, 5.41) is 0. The third kappa shape index (κ3) is 3.28. The van der Waals surface area contributed by atoms with Crippen molar-refractivity contribution in [2.75, 3.05) is 0 Å². The molecule has 0 spiro atoms. The molecule has 4 rings (SSSR count). The second-order valence-electron chi connectivity index (χ2n) is 11.5. The van der Waals surface area contributed by atoms with E-state index in [2.05, 4.69) is 46.8 Å². The van der Waals surface area contributed by atoms with Crippen LogP contribution in [0.15, 0.2) is 23.3 Å². The molecular weight excluding hydrogens is 324 g/mol. The summed E-state index contributed by atoms with van der Waals surface area (Å²) < 4.78 is 0. The topological polar surface area (TPSA) is 0 Å². The third-order valence-electron chi connectivity index (χ3n) is 9.62. The lowest BCUT2D eigenvalue weighted by atomic mass is 9.46. The molecule has 0 heteroatoms. The van der Waals surface area contributed by atoms with Gasteiger partial charge in [-0.2, -0.15) is 0 Å². The lowest BCUT2D eigenvalue weighted by Gasteiger charge is -2.58. The van der Waals surface area contributed by atoms with E-state index in [-0.39, 0.29) is 0 Å². The predicted molar refractivity (Wildman–Crippen MR) is 118 cm³/mol. The second-order valence-corrected chi connectivity index (χ2v) is 11.5. The molecule has 6 atom stereocenters. The Morgan fingerprint density at radius 3 is 2.56 bits per heavy atom. The molecule has 0 heterocycles. The fourth-order valence-corrected chi connectivity index (χ4v) is 8.11. The van der Waals surface area contributed by atoms with Crippen molar-refractivity contribution in [2.24, 2.45) is 40.4 Å². The third-order valence-corrected chi connectivity index (χ3v) is 9.62. The molecule has 152 valence electrons. The van der Waals surface area contributed by atoms with E-state index in [9.17, 15) is 0 Å². The molecule has 0 aromatic heterocycles. The summed E-state index contributed by atoms with van der Waals surface area (Å²) in [5.74, 6) is 4.56. The minimum absolute atomic E-state index is 0.519. The van der Waals surface area contributed by atoms with Crippen molar-refractivity contribution in [1.82, 2.24) is 0 Å². The molecule has 0 bridgehead atoms.